The molecule has 0 aliphatic heterocycles. The van der Waals surface area contributed by atoms with Gasteiger partial charge in [0.2, 0.25) is 0 Å². The summed E-state index contributed by atoms with van der Waals surface area (Å²) in [7, 11) is 1.63. The quantitative estimate of drug-likeness (QED) is 0.610. The lowest BCUT2D eigenvalue weighted by molar-refractivity contribution is 0.326. The number of benzene rings is 1. The lowest BCUT2D eigenvalue weighted by atomic mass is 10.2. The largest absolute Gasteiger partial charge is 0.493 e. The number of para-hydroxylation sites is 1. The second kappa shape index (κ2) is 9.64. The number of nitrogens with one attached hydrogen (secondary N) is 1. The smallest absolute Gasteiger partial charge is 0.167 e. The summed E-state index contributed by atoms with van der Waals surface area (Å²) < 4.78 is 10.8. The van der Waals surface area contributed by atoms with E-state index in [4.69, 9.17) is 15.9 Å². The number of halogens is 1. The van der Waals surface area contributed by atoms with Crippen molar-refractivity contribution in [2.75, 3.05) is 20.3 Å². The monoisotopic (exact) mass is 269 g/mol. The molecule has 0 heterocycles. The van der Waals surface area contributed by atoms with E-state index in [-0.39, 0.29) is 19.0 Å². The molecule has 1 rings (SSSR count). The van der Waals surface area contributed by atoms with Crippen LogP contribution in [0.15, 0.2) is 18.2 Å². The Labute approximate surface area is 115 Å². The zero-order valence-electron chi connectivity index (χ0n) is 10.9. The fourth-order valence-corrected chi connectivity index (χ4v) is 1.54. The fraction of sp³-hybridized carbons (Fsp3) is 0.429. The maximum Gasteiger partial charge on any atom is 0.167 e. The topological polar surface area (TPSA) is 30.5 Å². The predicted molar refractivity (Wildman–Crippen MR) is 76.6 cm³/mol. The van der Waals surface area contributed by atoms with Gasteiger partial charge in [0.1, 0.15) is 6.61 Å². The Kier molecular flexibility index (Phi) is 8.91. The number of hydrogen-bond donors (Lipinski definition) is 1. The van der Waals surface area contributed by atoms with Crippen molar-refractivity contribution in [1.82, 2.24) is 5.32 Å². The first kappa shape index (κ1) is 16.6. The van der Waals surface area contributed by atoms with E-state index >= 15 is 0 Å². The average Bonchev–Trinajstić information content (AvgIpc) is 2.37. The van der Waals surface area contributed by atoms with E-state index in [0.717, 1.165) is 36.6 Å². The van der Waals surface area contributed by atoms with Crippen LogP contribution in [0.3, 0.4) is 0 Å². The summed E-state index contributed by atoms with van der Waals surface area (Å²) in [5.74, 6) is 3.92. The lowest BCUT2D eigenvalue weighted by Crippen LogP contribution is -2.15. The molecule has 0 radical (unpaired) electrons. The Morgan fingerprint density at radius 1 is 1.39 bits per heavy atom. The summed E-state index contributed by atoms with van der Waals surface area (Å²) in [6, 6.07) is 5.83. The number of hydrogen-bond acceptors (Lipinski definition) is 3. The summed E-state index contributed by atoms with van der Waals surface area (Å²) in [6.07, 6.45) is 6.31. The minimum absolute atomic E-state index is 0. The number of ether oxygens (including phenoxy) is 2. The van der Waals surface area contributed by atoms with Gasteiger partial charge in [-0.05, 0) is 19.0 Å². The van der Waals surface area contributed by atoms with Gasteiger partial charge < -0.3 is 14.8 Å². The van der Waals surface area contributed by atoms with Crippen LogP contribution in [0.2, 0.25) is 0 Å². The lowest BCUT2D eigenvalue weighted by Gasteiger charge is -2.14. The molecule has 0 aliphatic rings. The molecule has 0 atom stereocenters. The van der Waals surface area contributed by atoms with Gasteiger partial charge in [0.25, 0.3) is 0 Å². The second-order valence-corrected chi connectivity index (χ2v) is 3.62. The van der Waals surface area contributed by atoms with E-state index in [1.54, 1.807) is 7.11 Å². The normalized spacial score (nSPS) is 9.17. The van der Waals surface area contributed by atoms with Crippen molar-refractivity contribution < 1.29 is 9.47 Å². The molecule has 0 spiro atoms. The first-order chi connectivity index (χ1) is 8.33. The van der Waals surface area contributed by atoms with Crippen LogP contribution in [0.5, 0.6) is 11.5 Å². The molecule has 1 aromatic carbocycles. The number of terminal acetylenes is 1. The van der Waals surface area contributed by atoms with E-state index in [2.05, 4.69) is 18.2 Å². The van der Waals surface area contributed by atoms with E-state index in [9.17, 15) is 0 Å². The van der Waals surface area contributed by atoms with Gasteiger partial charge in [0.05, 0.1) is 7.11 Å². The minimum atomic E-state index is 0. The standard InChI is InChI=1S/C14H19NO2.ClH/c1-4-9-15-11-12-7-6-8-13(16-3)14(12)17-10-5-2;/h2,6-8,15H,4,9-11H2,1,3H3;1H. The highest BCUT2D eigenvalue weighted by Gasteiger charge is 2.09. The zero-order valence-corrected chi connectivity index (χ0v) is 11.7. The van der Waals surface area contributed by atoms with Gasteiger partial charge in [0.15, 0.2) is 11.5 Å². The summed E-state index contributed by atoms with van der Waals surface area (Å²) in [5, 5.41) is 3.33. The highest BCUT2D eigenvalue weighted by molar-refractivity contribution is 5.85. The molecular formula is C14H20ClNO2. The van der Waals surface area contributed by atoms with Crippen LogP contribution >= 0.6 is 12.4 Å². The highest BCUT2D eigenvalue weighted by Crippen LogP contribution is 2.30. The van der Waals surface area contributed by atoms with E-state index in [0.29, 0.717) is 0 Å². The first-order valence-electron chi connectivity index (χ1n) is 5.76. The molecule has 0 aromatic heterocycles. The van der Waals surface area contributed by atoms with Crippen LogP contribution in [0.1, 0.15) is 18.9 Å². The summed E-state index contributed by atoms with van der Waals surface area (Å²) in [5.41, 5.74) is 1.06. The van der Waals surface area contributed by atoms with Crippen LogP contribution in [0, 0.1) is 12.3 Å². The van der Waals surface area contributed by atoms with Crippen LogP contribution in [0.4, 0.5) is 0 Å². The summed E-state index contributed by atoms with van der Waals surface area (Å²) in [4.78, 5) is 0. The molecule has 3 nitrogen and oxygen atoms in total. The van der Waals surface area contributed by atoms with E-state index < -0.39 is 0 Å². The van der Waals surface area contributed by atoms with Crippen molar-refractivity contribution in [3.63, 3.8) is 0 Å². The Hall–Kier alpha value is -1.37. The molecule has 18 heavy (non-hydrogen) atoms. The maximum atomic E-state index is 5.54. The fourth-order valence-electron chi connectivity index (χ4n) is 1.54. The Morgan fingerprint density at radius 2 is 2.17 bits per heavy atom. The summed E-state index contributed by atoms with van der Waals surface area (Å²) >= 11 is 0. The Bertz CT molecular complexity index is 388. The molecule has 1 N–H and O–H groups in total. The van der Waals surface area contributed by atoms with E-state index in [1.807, 2.05) is 18.2 Å². The zero-order chi connectivity index (χ0) is 12.5. The highest BCUT2D eigenvalue weighted by atomic mass is 35.5. The van der Waals surface area contributed by atoms with Gasteiger partial charge >= 0.3 is 0 Å². The third-order valence-corrected chi connectivity index (χ3v) is 2.32. The Balaban J connectivity index is 0.00000289. The molecular weight excluding hydrogens is 250 g/mol. The van der Waals surface area contributed by atoms with Gasteiger partial charge in [-0.2, -0.15) is 0 Å². The van der Waals surface area contributed by atoms with Gasteiger partial charge in [-0.25, -0.2) is 0 Å². The van der Waals surface area contributed by atoms with Crippen molar-refractivity contribution in [2.45, 2.75) is 19.9 Å². The Morgan fingerprint density at radius 3 is 2.78 bits per heavy atom. The molecule has 4 heteroatoms. The molecule has 0 bridgehead atoms. The van der Waals surface area contributed by atoms with Crippen molar-refractivity contribution in [2.24, 2.45) is 0 Å². The van der Waals surface area contributed by atoms with Crippen molar-refractivity contribution in [1.29, 1.82) is 0 Å². The minimum Gasteiger partial charge on any atom is -0.493 e. The molecule has 0 saturated carbocycles. The molecule has 1 aromatic rings. The van der Waals surface area contributed by atoms with Crippen LogP contribution in [-0.4, -0.2) is 20.3 Å². The first-order valence-corrected chi connectivity index (χ1v) is 5.76. The third kappa shape index (κ3) is 4.87. The van der Waals surface area contributed by atoms with Gasteiger partial charge in [-0.3, -0.25) is 0 Å². The van der Waals surface area contributed by atoms with Gasteiger partial charge in [0, 0.05) is 12.1 Å². The number of rotatable bonds is 7. The molecule has 0 saturated heterocycles. The van der Waals surface area contributed by atoms with Crippen molar-refractivity contribution in [3.05, 3.63) is 23.8 Å². The van der Waals surface area contributed by atoms with Crippen molar-refractivity contribution in [3.8, 4) is 23.8 Å². The number of methoxy groups -OCH3 is 1. The SMILES string of the molecule is C#CCOc1c(CNCCC)cccc1OC.Cl. The average molecular weight is 270 g/mol. The summed E-state index contributed by atoms with van der Waals surface area (Å²) in [6.45, 7) is 4.12. The molecule has 100 valence electrons. The van der Waals surface area contributed by atoms with Crippen LogP contribution < -0.4 is 14.8 Å². The van der Waals surface area contributed by atoms with Crippen LogP contribution in [0.25, 0.3) is 0 Å². The predicted octanol–water partition coefficient (Wildman–Crippen LogP) is 2.63. The van der Waals surface area contributed by atoms with Crippen LogP contribution in [-0.2, 0) is 6.54 Å². The molecule has 0 fully saturated rings. The second-order valence-electron chi connectivity index (χ2n) is 3.62. The third-order valence-electron chi connectivity index (χ3n) is 2.32. The molecule has 0 amide bonds. The van der Waals surface area contributed by atoms with Gasteiger partial charge in [-0.15, -0.1) is 18.8 Å². The maximum absolute atomic E-state index is 5.54. The van der Waals surface area contributed by atoms with E-state index in [1.165, 1.54) is 0 Å². The molecule has 0 unspecified atom stereocenters. The van der Waals surface area contributed by atoms with Crippen molar-refractivity contribution >= 4 is 12.4 Å². The molecule has 0 aliphatic carbocycles. The van der Waals surface area contributed by atoms with Gasteiger partial charge in [-0.1, -0.05) is 25.0 Å².